The number of nitrogens with one attached hydrogen (secondary N) is 1. The SMILES string of the molecule is CCc1ccccc1N1C(=O)NC(=O)C(=Cc2cc3c(cc2OC)OCO3)C1=O. The maximum absolute atomic E-state index is 13.1. The van der Waals surface area contributed by atoms with E-state index in [0.29, 0.717) is 34.9 Å². The predicted molar refractivity (Wildman–Crippen MR) is 104 cm³/mol. The molecular weight excluding hydrogens is 376 g/mol. The lowest BCUT2D eigenvalue weighted by atomic mass is 10.0. The van der Waals surface area contributed by atoms with Gasteiger partial charge in [-0.3, -0.25) is 14.9 Å². The molecule has 0 saturated carbocycles. The number of imide groups is 2. The van der Waals surface area contributed by atoms with E-state index in [1.165, 1.54) is 13.2 Å². The Hall–Kier alpha value is -3.81. The molecule has 0 aromatic heterocycles. The summed E-state index contributed by atoms with van der Waals surface area (Å²) in [4.78, 5) is 39.0. The minimum Gasteiger partial charge on any atom is -0.496 e. The van der Waals surface area contributed by atoms with Gasteiger partial charge in [-0.15, -0.1) is 0 Å². The third kappa shape index (κ3) is 3.18. The number of urea groups is 1. The number of methoxy groups -OCH3 is 1. The maximum Gasteiger partial charge on any atom is 0.335 e. The summed E-state index contributed by atoms with van der Waals surface area (Å²) in [5.74, 6) is -0.0910. The van der Waals surface area contributed by atoms with Crippen LogP contribution in [0.25, 0.3) is 6.08 Å². The lowest BCUT2D eigenvalue weighted by Crippen LogP contribution is -2.54. The molecular formula is C21H18N2O6. The molecule has 2 heterocycles. The Morgan fingerprint density at radius 3 is 2.59 bits per heavy atom. The van der Waals surface area contributed by atoms with E-state index in [1.807, 2.05) is 19.1 Å². The van der Waals surface area contributed by atoms with Gasteiger partial charge in [0.1, 0.15) is 11.3 Å². The second-order valence-corrected chi connectivity index (χ2v) is 6.39. The first-order valence-electron chi connectivity index (χ1n) is 9.00. The van der Waals surface area contributed by atoms with Crippen LogP contribution in [0.5, 0.6) is 17.2 Å². The van der Waals surface area contributed by atoms with E-state index in [1.54, 1.807) is 24.3 Å². The largest absolute Gasteiger partial charge is 0.496 e. The number of hydrogen-bond acceptors (Lipinski definition) is 6. The highest BCUT2D eigenvalue weighted by Crippen LogP contribution is 2.39. The van der Waals surface area contributed by atoms with E-state index in [9.17, 15) is 14.4 Å². The molecule has 2 aromatic rings. The molecule has 29 heavy (non-hydrogen) atoms. The molecule has 2 aliphatic rings. The van der Waals surface area contributed by atoms with Crippen LogP contribution >= 0.6 is 0 Å². The van der Waals surface area contributed by atoms with Crippen LogP contribution in [0.15, 0.2) is 42.0 Å². The van der Waals surface area contributed by atoms with Crippen molar-refractivity contribution in [2.45, 2.75) is 13.3 Å². The van der Waals surface area contributed by atoms with Gasteiger partial charge in [0.2, 0.25) is 6.79 Å². The van der Waals surface area contributed by atoms with Crippen molar-refractivity contribution in [3.05, 3.63) is 53.1 Å². The third-order valence-corrected chi connectivity index (χ3v) is 4.74. The number of carbonyl (C=O) groups is 3. The van der Waals surface area contributed by atoms with Gasteiger partial charge in [0.05, 0.1) is 12.8 Å². The van der Waals surface area contributed by atoms with Crippen molar-refractivity contribution in [1.29, 1.82) is 0 Å². The summed E-state index contributed by atoms with van der Waals surface area (Å²) < 4.78 is 16.0. The Labute approximate surface area is 166 Å². The molecule has 2 aliphatic heterocycles. The third-order valence-electron chi connectivity index (χ3n) is 4.74. The van der Waals surface area contributed by atoms with Crippen molar-refractivity contribution in [3.8, 4) is 17.2 Å². The molecule has 1 N–H and O–H groups in total. The molecule has 1 saturated heterocycles. The van der Waals surface area contributed by atoms with Crippen LogP contribution in [-0.2, 0) is 16.0 Å². The van der Waals surface area contributed by atoms with E-state index in [0.717, 1.165) is 10.5 Å². The Balaban J connectivity index is 1.79. The summed E-state index contributed by atoms with van der Waals surface area (Å²) in [5.41, 5.74) is 1.51. The number of carbonyl (C=O) groups excluding carboxylic acids is 3. The van der Waals surface area contributed by atoms with Crippen LogP contribution in [0.2, 0.25) is 0 Å². The molecule has 0 unspecified atom stereocenters. The lowest BCUT2D eigenvalue weighted by Gasteiger charge is -2.28. The quantitative estimate of drug-likeness (QED) is 0.633. The average molecular weight is 394 g/mol. The van der Waals surface area contributed by atoms with Crippen molar-refractivity contribution >= 4 is 29.6 Å². The van der Waals surface area contributed by atoms with E-state index >= 15 is 0 Å². The molecule has 1 fully saturated rings. The van der Waals surface area contributed by atoms with E-state index < -0.39 is 17.8 Å². The molecule has 0 atom stereocenters. The number of hydrogen-bond donors (Lipinski definition) is 1. The monoisotopic (exact) mass is 394 g/mol. The number of ether oxygens (including phenoxy) is 3. The summed E-state index contributed by atoms with van der Waals surface area (Å²) in [5, 5.41) is 2.23. The smallest absolute Gasteiger partial charge is 0.335 e. The van der Waals surface area contributed by atoms with Crippen molar-refractivity contribution < 1.29 is 28.6 Å². The minimum absolute atomic E-state index is 0.0774. The second kappa shape index (κ2) is 7.31. The molecule has 148 valence electrons. The number of amides is 4. The van der Waals surface area contributed by atoms with Crippen LogP contribution < -0.4 is 24.4 Å². The maximum atomic E-state index is 13.1. The average Bonchev–Trinajstić information content (AvgIpc) is 3.18. The first-order chi connectivity index (χ1) is 14.0. The fraction of sp³-hybridized carbons (Fsp3) is 0.190. The topological polar surface area (TPSA) is 94.2 Å². The zero-order valence-corrected chi connectivity index (χ0v) is 15.9. The zero-order chi connectivity index (χ0) is 20.5. The fourth-order valence-corrected chi connectivity index (χ4v) is 3.29. The summed E-state index contributed by atoms with van der Waals surface area (Å²) in [7, 11) is 1.47. The van der Waals surface area contributed by atoms with Crippen LogP contribution in [0.3, 0.4) is 0 Å². The molecule has 0 radical (unpaired) electrons. The van der Waals surface area contributed by atoms with Gasteiger partial charge in [-0.05, 0) is 30.2 Å². The number of nitrogens with zero attached hydrogens (tertiary/aromatic N) is 1. The van der Waals surface area contributed by atoms with Gasteiger partial charge in [-0.2, -0.15) is 0 Å². The van der Waals surface area contributed by atoms with Crippen molar-refractivity contribution in [2.24, 2.45) is 0 Å². The highest BCUT2D eigenvalue weighted by molar-refractivity contribution is 6.39. The zero-order valence-electron chi connectivity index (χ0n) is 15.9. The normalized spacial score (nSPS) is 17.0. The van der Waals surface area contributed by atoms with Crippen molar-refractivity contribution in [3.63, 3.8) is 0 Å². The molecule has 8 nitrogen and oxygen atoms in total. The molecule has 4 amide bonds. The number of fused-ring (bicyclic) bond motifs is 1. The molecule has 0 spiro atoms. The molecule has 2 aromatic carbocycles. The van der Waals surface area contributed by atoms with Gasteiger partial charge in [-0.1, -0.05) is 25.1 Å². The number of rotatable bonds is 4. The number of para-hydroxylation sites is 1. The minimum atomic E-state index is -0.782. The highest BCUT2D eigenvalue weighted by Gasteiger charge is 2.37. The van der Waals surface area contributed by atoms with Gasteiger partial charge in [0, 0.05) is 11.6 Å². The number of anilines is 1. The van der Waals surface area contributed by atoms with Crippen molar-refractivity contribution in [2.75, 3.05) is 18.8 Å². The second-order valence-electron chi connectivity index (χ2n) is 6.39. The summed E-state index contributed by atoms with van der Waals surface area (Å²) >= 11 is 0. The summed E-state index contributed by atoms with van der Waals surface area (Å²) in [6.07, 6.45) is 2.00. The van der Waals surface area contributed by atoms with Gasteiger partial charge in [-0.25, -0.2) is 9.69 Å². The predicted octanol–water partition coefficient (Wildman–Crippen LogP) is 2.65. The van der Waals surface area contributed by atoms with E-state index in [-0.39, 0.29) is 12.4 Å². The summed E-state index contributed by atoms with van der Waals surface area (Å²) in [6, 6.07) is 9.52. The first-order valence-corrected chi connectivity index (χ1v) is 9.00. The van der Waals surface area contributed by atoms with Crippen LogP contribution in [-0.4, -0.2) is 31.7 Å². The molecule has 0 bridgehead atoms. The van der Waals surface area contributed by atoms with E-state index in [2.05, 4.69) is 5.32 Å². The first kappa shape index (κ1) is 18.5. The van der Waals surface area contributed by atoms with Gasteiger partial charge < -0.3 is 14.2 Å². The highest BCUT2D eigenvalue weighted by atomic mass is 16.7. The molecule has 0 aliphatic carbocycles. The lowest BCUT2D eigenvalue weighted by molar-refractivity contribution is -0.122. The molecule has 4 rings (SSSR count). The van der Waals surface area contributed by atoms with Gasteiger partial charge in [0.15, 0.2) is 11.5 Å². The van der Waals surface area contributed by atoms with Crippen LogP contribution in [0.4, 0.5) is 10.5 Å². The Morgan fingerprint density at radius 2 is 1.86 bits per heavy atom. The fourth-order valence-electron chi connectivity index (χ4n) is 3.29. The number of barbiturate groups is 1. The Kier molecular flexibility index (Phi) is 4.67. The van der Waals surface area contributed by atoms with E-state index in [4.69, 9.17) is 14.2 Å². The van der Waals surface area contributed by atoms with Crippen LogP contribution in [0, 0.1) is 0 Å². The standard InChI is InChI=1S/C21H18N2O6/c1-3-12-6-4-5-7-15(12)23-20(25)14(19(24)22-21(23)26)8-13-9-17-18(29-11-28-17)10-16(13)27-2/h4-10H,3,11H2,1-2H3,(H,22,24,26). The number of benzene rings is 2. The van der Waals surface area contributed by atoms with Crippen molar-refractivity contribution in [1.82, 2.24) is 5.32 Å². The molecule has 8 heteroatoms. The Bertz CT molecular complexity index is 1060. The van der Waals surface area contributed by atoms with Crippen LogP contribution in [0.1, 0.15) is 18.1 Å². The summed E-state index contributed by atoms with van der Waals surface area (Å²) in [6.45, 7) is 2.00. The van der Waals surface area contributed by atoms with Gasteiger partial charge in [0.25, 0.3) is 11.8 Å². The Morgan fingerprint density at radius 1 is 1.14 bits per heavy atom. The van der Waals surface area contributed by atoms with Gasteiger partial charge >= 0.3 is 6.03 Å². The number of aryl methyl sites for hydroxylation is 1.